The summed E-state index contributed by atoms with van der Waals surface area (Å²) in [7, 11) is 1.41. The second-order valence-electron chi connectivity index (χ2n) is 6.78. The lowest BCUT2D eigenvalue weighted by Crippen LogP contribution is -2.34. The molecule has 1 aliphatic rings. The Kier molecular flexibility index (Phi) is 6.65. The van der Waals surface area contributed by atoms with Gasteiger partial charge in [0.1, 0.15) is 11.4 Å². The van der Waals surface area contributed by atoms with Crippen LogP contribution in [0.15, 0.2) is 36.4 Å². The van der Waals surface area contributed by atoms with Crippen LogP contribution in [-0.2, 0) is 0 Å². The predicted octanol–water partition coefficient (Wildman–Crippen LogP) is 3.03. The standard InChI is InChI=1S/C20H20N4O6S/c1-30-17-7-5-13(19(26)27)10-14(17)21-20(31)22-18(25)12-4-6-15(16(11-12)24(28)29)23-8-2-3-9-23/h4-7,10-11H,2-3,8-9H2,1H3,(H,26,27)(H2,21,22,25,31). The van der Waals surface area contributed by atoms with E-state index in [1.165, 1.54) is 37.4 Å². The first kappa shape index (κ1) is 22.0. The molecule has 3 N–H and O–H groups in total. The number of carboxylic acid groups (broad SMARTS) is 1. The van der Waals surface area contributed by atoms with Gasteiger partial charge in [0.2, 0.25) is 0 Å². The van der Waals surface area contributed by atoms with Crippen LogP contribution >= 0.6 is 12.2 Å². The van der Waals surface area contributed by atoms with Gasteiger partial charge in [-0.15, -0.1) is 0 Å². The smallest absolute Gasteiger partial charge is 0.335 e. The number of ether oxygens (including phenoxy) is 1. The summed E-state index contributed by atoms with van der Waals surface area (Å²) in [6, 6.07) is 8.43. The monoisotopic (exact) mass is 444 g/mol. The number of aromatic carboxylic acids is 1. The number of benzene rings is 2. The third-order valence-corrected chi connectivity index (χ3v) is 5.01. The number of nitrogens with one attached hydrogen (secondary N) is 2. The van der Waals surface area contributed by atoms with E-state index in [1.807, 2.05) is 4.90 Å². The maximum absolute atomic E-state index is 12.6. The summed E-state index contributed by atoms with van der Waals surface area (Å²) >= 11 is 5.14. The molecule has 3 rings (SSSR count). The van der Waals surface area contributed by atoms with Gasteiger partial charge in [0.15, 0.2) is 5.11 Å². The molecule has 0 spiro atoms. The van der Waals surface area contributed by atoms with Crippen LogP contribution < -0.4 is 20.3 Å². The Labute approximate surface area is 183 Å². The summed E-state index contributed by atoms with van der Waals surface area (Å²) in [5.41, 5.74) is 0.665. The van der Waals surface area contributed by atoms with Crippen LogP contribution in [0.4, 0.5) is 17.1 Å². The molecule has 1 aliphatic heterocycles. The first-order valence-electron chi connectivity index (χ1n) is 9.37. The number of amides is 1. The Balaban J connectivity index is 1.76. The van der Waals surface area contributed by atoms with Gasteiger partial charge in [-0.2, -0.15) is 0 Å². The van der Waals surface area contributed by atoms with Crippen molar-refractivity contribution >= 4 is 46.3 Å². The Hall–Kier alpha value is -3.73. The van der Waals surface area contributed by atoms with Crippen LogP contribution in [0.1, 0.15) is 33.6 Å². The van der Waals surface area contributed by atoms with Crippen molar-refractivity contribution in [2.24, 2.45) is 0 Å². The molecule has 10 nitrogen and oxygen atoms in total. The Morgan fingerprint density at radius 3 is 2.45 bits per heavy atom. The van der Waals surface area contributed by atoms with E-state index < -0.39 is 16.8 Å². The first-order valence-corrected chi connectivity index (χ1v) is 9.78. The molecule has 0 aliphatic carbocycles. The maximum atomic E-state index is 12.6. The lowest BCUT2D eigenvalue weighted by atomic mass is 10.1. The lowest BCUT2D eigenvalue weighted by molar-refractivity contribution is -0.384. The quantitative estimate of drug-likeness (QED) is 0.349. The molecule has 0 unspecified atom stereocenters. The summed E-state index contributed by atoms with van der Waals surface area (Å²) in [4.78, 5) is 36.7. The largest absolute Gasteiger partial charge is 0.495 e. The molecule has 1 fully saturated rings. The number of anilines is 2. The van der Waals surface area contributed by atoms with Crippen molar-refractivity contribution in [2.45, 2.75) is 12.8 Å². The number of hydrogen-bond acceptors (Lipinski definition) is 7. The molecule has 1 amide bonds. The predicted molar refractivity (Wildman–Crippen MR) is 118 cm³/mol. The van der Waals surface area contributed by atoms with Crippen molar-refractivity contribution in [2.75, 3.05) is 30.4 Å². The highest BCUT2D eigenvalue weighted by Crippen LogP contribution is 2.31. The van der Waals surface area contributed by atoms with Crippen LogP contribution in [0.3, 0.4) is 0 Å². The van der Waals surface area contributed by atoms with Gasteiger partial charge in [-0.3, -0.25) is 20.2 Å². The second kappa shape index (κ2) is 9.39. The SMILES string of the molecule is COc1ccc(C(=O)O)cc1NC(=S)NC(=O)c1ccc(N2CCCC2)c([N+](=O)[O-])c1. The molecule has 1 saturated heterocycles. The minimum Gasteiger partial charge on any atom is -0.495 e. The molecule has 0 saturated carbocycles. The van der Waals surface area contributed by atoms with Crippen molar-refractivity contribution in [3.05, 3.63) is 57.6 Å². The Bertz CT molecular complexity index is 1050. The van der Waals surface area contributed by atoms with E-state index in [0.717, 1.165) is 25.9 Å². The number of carboxylic acids is 1. The average molecular weight is 444 g/mol. The minimum atomic E-state index is -1.13. The van der Waals surface area contributed by atoms with Gasteiger partial charge in [0, 0.05) is 24.7 Å². The van der Waals surface area contributed by atoms with Crippen LogP contribution in [0, 0.1) is 10.1 Å². The Morgan fingerprint density at radius 1 is 1.16 bits per heavy atom. The fraction of sp³-hybridized carbons (Fsp3) is 0.250. The van der Waals surface area contributed by atoms with Gasteiger partial charge < -0.3 is 20.1 Å². The van der Waals surface area contributed by atoms with Crippen LogP contribution in [0.5, 0.6) is 5.75 Å². The van der Waals surface area contributed by atoms with E-state index >= 15 is 0 Å². The molecular weight excluding hydrogens is 424 g/mol. The molecule has 0 atom stereocenters. The van der Waals surface area contributed by atoms with Crippen molar-refractivity contribution in [1.29, 1.82) is 0 Å². The lowest BCUT2D eigenvalue weighted by Gasteiger charge is -2.18. The molecule has 31 heavy (non-hydrogen) atoms. The number of thiocarbonyl (C=S) groups is 1. The highest BCUT2D eigenvalue weighted by atomic mass is 32.1. The van der Waals surface area contributed by atoms with Gasteiger partial charge in [-0.1, -0.05) is 0 Å². The molecule has 162 valence electrons. The third kappa shape index (κ3) is 5.07. The first-order chi connectivity index (χ1) is 14.8. The zero-order valence-corrected chi connectivity index (χ0v) is 17.4. The summed E-state index contributed by atoms with van der Waals surface area (Å²) < 4.78 is 5.17. The zero-order valence-electron chi connectivity index (χ0n) is 16.6. The summed E-state index contributed by atoms with van der Waals surface area (Å²) in [6.45, 7) is 1.47. The van der Waals surface area contributed by atoms with Crippen LogP contribution in [0.2, 0.25) is 0 Å². The van der Waals surface area contributed by atoms with E-state index in [4.69, 9.17) is 22.1 Å². The van der Waals surface area contributed by atoms with Crippen molar-refractivity contribution in [3.8, 4) is 5.75 Å². The number of carbonyl (C=O) groups excluding carboxylic acids is 1. The fourth-order valence-corrected chi connectivity index (χ4v) is 3.51. The molecule has 0 bridgehead atoms. The van der Waals surface area contributed by atoms with E-state index in [9.17, 15) is 19.7 Å². The molecule has 1 heterocycles. The molecular formula is C20H20N4O6S. The van der Waals surface area contributed by atoms with Crippen molar-refractivity contribution < 1.29 is 24.4 Å². The highest BCUT2D eigenvalue weighted by molar-refractivity contribution is 7.80. The van der Waals surface area contributed by atoms with Gasteiger partial charge in [0.05, 0.1) is 23.3 Å². The molecule has 2 aromatic carbocycles. The van der Waals surface area contributed by atoms with Gasteiger partial charge in [-0.25, -0.2) is 4.79 Å². The molecule has 0 aromatic heterocycles. The van der Waals surface area contributed by atoms with E-state index in [0.29, 0.717) is 11.4 Å². The summed E-state index contributed by atoms with van der Waals surface area (Å²) in [6.07, 6.45) is 1.93. The molecule has 0 radical (unpaired) electrons. The van der Waals surface area contributed by atoms with E-state index in [-0.39, 0.29) is 27.6 Å². The topological polar surface area (TPSA) is 134 Å². The minimum absolute atomic E-state index is 0.00514. The van der Waals surface area contributed by atoms with Crippen LogP contribution in [0.25, 0.3) is 0 Å². The fourth-order valence-electron chi connectivity index (χ4n) is 3.30. The van der Waals surface area contributed by atoms with Gasteiger partial charge >= 0.3 is 5.97 Å². The summed E-state index contributed by atoms with van der Waals surface area (Å²) in [5.74, 6) is -1.44. The van der Waals surface area contributed by atoms with E-state index in [2.05, 4.69) is 10.6 Å². The molecule has 2 aromatic rings. The number of methoxy groups -OCH3 is 1. The number of nitro groups is 1. The Morgan fingerprint density at radius 2 is 1.84 bits per heavy atom. The van der Waals surface area contributed by atoms with Crippen molar-refractivity contribution in [1.82, 2.24) is 5.32 Å². The number of carbonyl (C=O) groups is 2. The summed E-state index contributed by atoms with van der Waals surface area (Å²) in [5, 5.41) is 25.7. The normalized spacial score (nSPS) is 12.9. The second-order valence-corrected chi connectivity index (χ2v) is 7.19. The number of rotatable bonds is 6. The average Bonchev–Trinajstić information content (AvgIpc) is 3.27. The van der Waals surface area contributed by atoms with Gasteiger partial charge in [0.25, 0.3) is 11.6 Å². The van der Waals surface area contributed by atoms with Crippen LogP contribution in [-0.4, -0.2) is 47.2 Å². The third-order valence-electron chi connectivity index (χ3n) is 4.80. The number of nitro benzene ring substituents is 1. The van der Waals surface area contributed by atoms with Crippen molar-refractivity contribution in [3.63, 3.8) is 0 Å². The highest BCUT2D eigenvalue weighted by Gasteiger charge is 2.24. The number of nitrogens with zero attached hydrogens (tertiary/aromatic N) is 2. The molecule has 11 heteroatoms. The number of hydrogen-bond donors (Lipinski definition) is 3. The van der Waals surface area contributed by atoms with E-state index in [1.54, 1.807) is 6.07 Å². The van der Waals surface area contributed by atoms with Gasteiger partial charge in [-0.05, 0) is 55.4 Å². The maximum Gasteiger partial charge on any atom is 0.335 e. The zero-order chi connectivity index (χ0) is 22.5.